The van der Waals surface area contributed by atoms with Gasteiger partial charge in [0.15, 0.2) is 12.4 Å². The van der Waals surface area contributed by atoms with Crippen molar-refractivity contribution in [1.82, 2.24) is 4.57 Å². The number of aromatic nitrogens is 2. The minimum absolute atomic E-state index is 0.431. The van der Waals surface area contributed by atoms with Crippen molar-refractivity contribution in [3.8, 4) is 0 Å². The summed E-state index contributed by atoms with van der Waals surface area (Å²) in [6.07, 6.45) is 24.4. The van der Waals surface area contributed by atoms with Gasteiger partial charge in [-0.3, -0.25) is 0 Å². The van der Waals surface area contributed by atoms with E-state index in [0.717, 1.165) is 6.54 Å². The third-order valence-electron chi connectivity index (χ3n) is 4.75. The summed E-state index contributed by atoms with van der Waals surface area (Å²) in [6.45, 7) is 7.93. The molecule has 0 amide bonds. The molecule has 1 aliphatic heterocycles. The predicted octanol–water partition coefficient (Wildman–Crippen LogP) is 4.68. The molecule has 3 heteroatoms. The summed E-state index contributed by atoms with van der Waals surface area (Å²) < 4.78 is 7.17. The van der Waals surface area contributed by atoms with Crippen LogP contribution in [-0.4, -0.2) is 15.4 Å². The number of imidazole rings is 1. The van der Waals surface area contributed by atoms with E-state index in [0.29, 0.717) is 12.1 Å². The van der Waals surface area contributed by atoms with Crippen molar-refractivity contribution >= 4 is 6.21 Å². The van der Waals surface area contributed by atoms with Crippen LogP contribution in [0.25, 0.3) is 0 Å². The minimum Gasteiger partial charge on any atom is -0.237 e. The Morgan fingerprint density at radius 2 is 1.83 bits per heavy atom. The van der Waals surface area contributed by atoms with E-state index in [1.807, 2.05) is 0 Å². The molecule has 2 unspecified atom stereocenters. The summed E-state index contributed by atoms with van der Waals surface area (Å²) in [5, 5.41) is 0. The lowest BCUT2D eigenvalue weighted by Gasteiger charge is -2.09. The van der Waals surface area contributed by atoms with Gasteiger partial charge in [0, 0.05) is 0 Å². The van der Waals surface area contributed by atoms with Gasteiger partial charge in [-0.05, 0) is 25.3 Å². The fourth-order valence-corrected chi connectivity index (χ4v) is 3.24. The van der Waals surface area contributed by atoms with Gasteiger partial charge < -0.3 is 0 Å². The lowest BCUT2D eigenvalue weighted by Crippen LogP contribution is -2.43. The van der Waals surface area contributed by atoms with Crippen molar-refractivity contribution in [3.05, 3.63) is 31.0 Å². The second-order valence-corrected chi connectivity index (χ2v) is 6.82. The van der Waals surface area contributed by atoms with Crippen LogP contribution in [-0.2, 0) is 6.54 Å². The van der Waals surface area contributed by atoms with Crippen LogP contribution >= 0.6 is 0 Å². The molecule has 1 aromatic heterocycles. The number of unbranched alkanes of at least 4 members (excludes halogenated alkanes) is 3. The number of nitrogens with zero attached hydrogens (tertiary/aromatic N) is 3. The molecule has 0 saturated carbocycles. The minimum atomic E-state index is 0.431. The molecule has 3 nitrogen and oxygen atoms in total. The van der Waals surface area contributed by atoms with Crippen LogP contribution < -0.4 is 4.57 Å². The van der Waals surface area contributed by atoms with Crippen molar-refractivity contribution in [2.75, 3.05) is 0 Å². The Bertz CT molecular complexity index is 513. The molecule has 128 valence electrons. The first kappa shape index (κ1) is 18.0. The molecule has 1 aliphatic rings. The average molecular weight is 318 g/mol. The van der Waals surface area contributed by atoms with E-state index < -0.39 is 0 Å². The van der Waals surface area contributed by atoms with Crippen molar-refractivity contribution in [2.45, 2.75) is 84.8 Å². The van der Waals surface area contributed by atoms with Gasteiger partial charge in [0.05, 0.1) is 18.9 Å². The van der Waals surface area contributed by atoms with Crippen molar-refractivity contribution in [3.63, 3.8) is 0 Å². The van der Waals surface area contributed by atoms with Gasteiger partial charge in [-0.2, -0.15) is 9.14 Å². The van der Waals surface area contributed by atoms with Crippen molar-refractivity contribution in [2.24, 2.45) is 5.92 Å². The van der Waals surface area contributed by atoms with E-state index in [9.17, 15) is 0 Å². The van der Waals surface area contributed by atoms with Crippen LogP contribution in [0.4, 0.5) is 0 Å². The fraction of sp³-hybridized carbons (Fsp3) is 0.700. The maximum absolute atomic E-state index is 2.44. The fourth-order valence-electron chi connectivity index (χ4n) is 3.24. The van der Waals surface area contributed by atoms with Gasteiger partial charge in [0.2, 0.25) is 6.33 Å². The molecule has 0 saturated heterocycles. The van der Waals surface area contributed by atoms with Crippen LogP contribution in [0.5, 0.6) is 0 Å². The lowest BCUT2D eigenvalue weighted by atomic mass is 10.1. The number of hydrogen-bond acceptors (Lipinski definition) is 0. The van der Waals surface area contributed by atoms with Gasteiger partial charge in [-0.15, -0.1) is 0 Å². The molecule has 0 N–H and O–H groups in total. The number of allylic oxidation sites excluding steroid dienone is 1. The second-order valence-electron chi connectivity index (χ2n) is 6.82. The monoisotopic (exact) mass is 317 g/mol. The molecule has 2 rings (SSSR count). The standard InChI is InChI=1S/C20H35N3/c1-4-7-10-19-12-14-22(17-19)20(11-8-5-2)23-16-15-21(18-23)13-9-6-3/h12,14-20H,4-11,13H2,1-3H3/q+2. The van der Waals surface area contributed by atoms with Gasteiger partial charge in [-0.1, -0.05) is 46.5 Å². The first-order valence-corrected chi connectivity index (χ1v) is 9.65. The van der Waals surface area contributed by atoms with Crippen LogP contribution in [0.3, 0.4) is 0 Å². The summed E-state index contributed by atoms with van der Waals surface area (Å²) in [7, 11) is 0. The Hall–Kier alpha value is -1.38. The van der Waals surface area contributed by atoms with Crippen LogP contribution in [0.15, 0.2) is 31.0 Å². The van der Waals surface area contributed by atoms with Crippen molar-refractivity contribution < 1.29 is 9.14 Å². The van der Waals surface area contributed by atoms with Crippen LogP contribution in [0.1, 0.15) is 78.3 Å². The zero-order valence-electron chi connectivity index (χ0n) is 15.3. The molecule has 0 radical (unpaired) electrons. The maximum Gasteiger partial charge on any atom is 0.298 e. The van der Waals surface area contributed by atoms with E-state index in [1.54, 1.807) is 0 Å². The molecule has 0 bridgehead atoms. The molecule has 2 atom stereocenters. The van der Waals surface area contributed by atoms with Gasteiger partial charge >= 0.3 is 0 Å². The third kappa shape index (κ3) is 5.33. The van der Waals surface area contributed by atoms with E-state index in [1.165, 1.54) is 51.4 Å². The molecule has 23 heavy (non-hydrogen) atoms. The largest absolute Gasteiger partial charge is 0.298 e. The number of aryl methyl sites for hydroxylation is 1. The van der Waals surface area contributed by atoms with Crippen molar-refractivity contribution in [1.29, 1.82) is 0 Å². The highest BCUT2D eigenvalue weighted by Crippen LogP contribution is 2.18. The summed E-state index contributed by atoms with van der Waals surface area (Å²) >= 11 is 0. The average Bonchev–Trinajstić information content (AvgIpc) is 3.21. The molecule has 0 fully saturated rings. The first-order valence-electron chi connectivity index (χ1n) is 9.65. The normalized spacial score (nSPS) is 18.4. The van der Waals surface area contributed by atoms with Crippen LogP contribution in [0, 0.1) is 5.92 Å². The smallest absolute Gasteiger partial charge is 0.237 e. The van der Waals surface area contributed by atoms with E-state index in [-0.39, 0.29) is 0 Å². The van der Waals surface area contributed by atoms with E-state index in [2.05, 4.69) is 71.7 Å². The Labute approximate surface area is 142 Å². The summed E-state index contributed by atoms with van der Waals surface area (Å²) in [5.41, 5.74) is 0. The highest BCUT2D eigenvalue weighted by atomic mass is 15.3. The van der Waals surface area contributed by atoms with Crippen LogP contribution in [0.2, 0.25) is 0 Å². The lowest BCUT2D eigenvalue weighted by molar-refractivity contribution is -0.863. The molecular weight excluding hydrogens is 282 g/mol. The Kier molecular flexibility index (Phi) is 7.57. The predicted molar refractivity (Wildman–Crippen MR) is 96.6 cm³/mol. The number of hydrogen-bond donors (Lipinski definition) is 0. The second kappa shape index (κ2) is 9.69. The third-order valence-corrected chi connectivity index (χ3v) is 4.75. The highest BCUT2D eigenvalue weighted by molar-refractivity contribution is 5.60. The molecule has 0 aromatic carbocycles. The SMILES string of the molecule is CCCCC1C=C[N+](C(CCCC)[n+]2ccn(CCCC)c2)=C1. The Morgan fingerprint density at radius 1 is 1.04 bits per heavy atom. The number of rotatable bonds is 11. The summed E-state index contributed by atoms with van der Waals surface area (Å²) in [5.74, 6) is 0.627. The van der Waals surface area contributed by atoms with Gasteiger partial charge in [0.1, 0.15) is 12.4 Å². The zero-order chi connectivity index (χ0) is 16.5. The van der Waals surface area contributed by atoms with E-state index in [4.69, 9.17) is 0 Å². The highest BCUT2D eigenvalue weighted by Gasteiger charge is 2.29. The Morgan fingerprint density at radius 3 is 2.57 bits per heavy atom. The maximum atomic E-state index is 2.44. The Balaban J connectivity index is 2.08. The van der Waals surface area contributed by atoms with E-state index >= 15 is 0 Å². The molecule has 1 aromatic rings. The summed E-state index contributed by atoms with van der Waals surface area (Å²) in [6, 6.07) is 0. The topological polar surface area (TPSA) is 11.8 Å². The molecule has 0 aliphatic carbocycles. The molecule has 2 heterocycles. The van der Waals surface area contributed by atoms with Gasteiger partial charge in [-0.25, -0.2) is 4.57 Å². The molecule has 0 spiro atoms. The molecular formula is C20H35N3+2. The first-order chi connectivity index (χ1) is 11.3. The summed E-state index contributed by atoms with van der Waals surface area (Å²) in [4.78, 5) is 0. The quantitative estimate of drug-likeness (QED) is 0.525. The zero-order valence-corrected chi connectivity index (χ0v) is 15.3. The van der Waals surface area contributed by atoms with Gasteiger partial charge in [0.25, 0.3) is 6.17 Å².